The van der Waals surface area contributed by atoms with Gasteiger partial charge >= 0.3 is 0 Å². The van der Waals surface area contributed by atoms with Crippen LogP contribution in [0.25, 0.3) is 11.6 Å². The molecule has 1 fully saturated rings. The summed E-state index contributed by atoms with van der Waals surface area (Å²) in [6.45, 7) is 0. The molecule has 26 heavy (non-hydrogen) atoms. The molecule has 2 aromatic carbocycles. The first-order valence-electron chi connectivity index (χ1n) is 8.84. The molecule has 4 heteroatoms. The number of hydrogen-bond acceptors (Lipinski definition) is 4. The number of nitriles is 1. The monoisotopic (exact) mass is 349 g/mol. The minimum absolute atomic E-state index is 0.247. The highest BCUT2D eigenvalue weighted by Crippen LogP contribution is 2.33. The summed E-state index contributed by atoms with van der Waals surface area (Å²) in [5, 5.41) is 9.59. The van der Waals surface area contributed by atoms with Crippen molar-refractivity contribution in [3.8, 4) is 23.3 Å². The topological polar surface area (TPSA) is 51.5 Å². The number of allylic oxidation sites excluding steroid dienone is 1. The summed E-state index contributed by atoms with van der Waals surface area (Å²) in [6.07, 6.45) is 6.68. The normalized spacial score (nSPS) is 14.7. The van der Waals surface area contributed by atoms with Crippen LogP contribution in [0.1, 0.15) is 36.8 Å². The lowest BCUT2D eigenvalue weighted by molar-refractivity contribution is 0.201. The van der Waals surface area contributed by atoms with Gasteiger partial charge in [-0.2, -0.15) is 5.26 Å². The van der Waals surface area contributed by atoms with E-state index in [2.05, 4.69) is 6.07 Å². The van der Waals surface area contributed by atoms with Gasteiger partial charge in [0.05, 0.1) is 32.0 Å². The van der Waals surface area contributed by atoms with E-state index in [1.165, 1.54) is 12.8 Å². The Morgan fingerprint density at radius 3 is 2.54 bits per heavy atom. The molecule has 0 N–H and O–H groups in total. The van der Waals surface area contributed by atoms with E-state index in [0.717, 1.165) is 35.5 Å². The van der Waals surface area contributed by atoms with E-state index in [1.54, 1.807) is 14.2 Å². The third kappa shape index (κ3) is 4.18. The van der Waals surface area contributed by atoms with Crippen LogP contribution in [0.5, 0.6) is 17.2 Å². The fourth-order valence-electron chi connectivity index (χ4n) is 3.20. The number of hydrogen-bond donors (Lipinski definition) is 0. The smallest absolute Gasteiger partial charge is 0.162 e. The Kier molecular flexibility index (Phi) is 5.80. The third-order valence-corrected chi connectivity index (χ3v) is 4.60. The van der Waals surface area contributed by atoms with Crippen LogP contribution in [0.2, 0.25) is 0 Å². The highest BCUT2D eigenvalue weighted by atomic mass is 16.5. The van der Waals surface area contributed by atoms with Gasteiger partial charge < -0.3 is 14.2 Å². The first-order chi connectivity index (χ1) is 12.7. The highest BCUT2D eigenvalue weighted by molar-refractivity contribution is 5.90. The summed E-state index contributed by atoms with van der Waals surface area (Å²) in [5.41, 5.74) is 2.29. The number of nitrogens with zero attached hydrogens (tertiary/aromatic N) is 1. The summed E-state index contributed by atoms with van der Waals surface area (Å²) in [4.78, 5) is 0. The van der Waals surface area contributed by atoms with E-state index in [9.17, 15) is 5.26 Å². The zero-order valence-electron chi connectivity index (χ0n) is 15.2. The molecule has 0 spiro atoms. The van der Waals surface area contributed by atoms with Gasteiger partial charge in [0.25, 0.3) is 0 Å². The second-order valence-electron chi connectivity index (χ2n) is 6.34. The van der Waals surface area contributed by atoms with Crippen LogP contribution in [-0.2, 0) is 0 Å². The van der Waals surface area contributed by atoms with Crippen LogP contribution in [-0.4, -0.2) is 20.3 Å². The Morgan fingerprint density at radius 2 is 1.85 bits per heavy atom. The molecule has 0 atom stereocenters. The van der Waals surface area contributed by atoms with E-state index in [0.29, 0.717) is 11.3 Å². The Balaban J connectivity index is 1.91. The molecule has 3 rings (SSSR count). The second kappa shape index (κ2) is 8.44. The summed E-state index contributed by atoms with van der Waals surface area (Å²) in [7, 11) is 3.26. The second-order valence-corrected chi connectivity index (χ2v) is 6.34. The van der Waals surface area contributed by atoms with Crippen molar-refractivity contribution in [3.05, 3.63) is 53.6 Å². The first-order valence-corrected chi connectivity index (χ1v) is 8.84. The molecular formula is C22H23NO3. The predicted octanol–water partition coefficient (Wildman–Crippen LogP) is 5.09. The average molecular weight is 349 g/mol. The van der Waals surface area contributed by atoms with Crippen LogP contribution in [0.15, 0.2) is 42.5 Å². The van der Waals surface area contributed by atoms with Crippen molar-refractivity contribution in [2.24, 2.45) is 0 Å². The van der Waals surface area contributed by atoms with Crippen molar-refractivity contribution >= 4 is 11.6 Å². The minimum atomic E-state index is 0.247. The number of rotatable bonds is 6. The Bertz CT molecular complexity index is 830. The van der Waals surface area contributed by atoms with Crippen molar-refractivity contribution in [3.63, 3.8) is 0 Å². The van der Waals surface area contributed by atoms with Gasteiger partial charge in [0.15, 0.2) is 11.5 Å². The van der Waals surface area contributed by atoms with E-state index in [1.807, 2.05) is 48.5 Å². The van der Waals surface area contributed by atoms with Crippen LogP contribution >= 0.6 is 0 Å². The summed E-state index contributed by atoms with van der Waals surface area (Å²) in [5.74, 6) is 2.17. The lowest BCUT2D eigenvalue weighted by atomic mass is 10.0. The standard InChI is InChI=1S/C22H23NO3/c1-24-20-9-5-6-17(14-20)18(15-23)12-16-10-11-21(25-2)22(13-16)26-19-7-3-4-8-19/h5-6,9-14,19H,3-4,7-8H2,1-2H3/b18-12+. The van der Waals surface area contributed by atoms with Crippen LogP contribution in [0.3, 0.4) is 0 Å². The van der Waals surface area contributed by atoms with Gasteiger partial charge in [0, 0.05) is 0 Å². The van der Waals surface area contributed by atoms with E-state index >= 15 is 0 Å². The van der Waals surface area contributed by atoms with Crippen molar-refractivity contribution < 1.29 is 14.2 Å². The molecule has 0 aliphatic heterocycles. The van der Waals surface area contributed by atoms with Crippen molar-refractivity contribution in [1.82, 2.24) is 0 Å². The van der Waals surface area contributed by atoms with Crippen molar-refractivity contribution in [1.29, 1.82) is 5.26 Å². The minimum Gasteiger partial charge on any atom is -0.497 e. The Hall–Kier alpha value is -2.93. The predicted molar refractivity (Wildman–Crippen MR) is 102 cm³/mol. The molecule has 0 aromatic heterocycles. The Labute approximate surface area is 154 Å². The SMILES string of the molecule is COc1cccc(/C(C#N)=C/c2ccc(OC)c(OC3CCCC3)c2)c1. The van der Waals surface area contributed by atoms with E-state index in [4.69, 9.17) is 14.2 Å². The number of methoxy groups -OCH3 is 2. The van der Waals surface area contributed by atoms with Crippen molar-refractivity contribution in [2.45, 2.75) is 31.8 Å². The van der Waals surface area contributed by atoms with Gasteiger partial charge in [-0.05, 0) is 67.2 Å². The molecule has 2 aromatic rings. The molecule has 0 saturated heterocycles. The molecular weight excluding hydrogens is 326 g/mol. The maximum Gasteiger partial charge on any atom is 0.162 e. The summed E-state index contributed by atoms with van der Waals surface area (Å²) >= 11 is 0. The molecule has 0 amide bonds. The van der Waals surface area contributed by atoms with Gasteiger partial charge in [0.2, 0.25) is 0 Å². The Morgan fingerprint density at radius 1 is 1.04 bits per heavy atom. The molecule has 1 aliphatic carbocycles. The van der Waals surface area contributed by atoms with Gasteiger partial charge in [-0.3, -0.25) is 0 Å². The maximum atomic E-state index is 9.59. The zero-order valence-corrected chi connectivity index (χ0v) is 15.2. The van der Waals surface area contributed by atoms with Gasteiger partial charge in [-0.15, -0.1) is 0 Å². The number of ether oxygens (including phenoxy) is 3. The van der Waals surface area contributed by atoms with Crippen molar-refractivity contribution in [2.75, 3.05) is 14.2 Å². The third-order valence-electron chi connectivity index (χ3n) is 4.60. The molecule has 1 aliphatic rings. The largest absolute Gasteiger partial charge is 0.497 e. The molecule has 0 radical (unpaired) electrons. The van der Waals surface area contributed by atoms with Gasteiger partial charge in [0.1, 0.15) is 5.75 Å². The zero-order chi connectivity index (χ0) is 18.4. The van der Waals surface area contributed by atoms with Crippen LogP contribution in [0, 0.1) is 11.3 Å². The average Bonchev–Trinajstić information content (AvgIpc) is 3.19. The van der Waals surface area contributed by atoms with Gasteiger partial charge in [-0.25, -0.2) is 0 Å². The van der Waals surface area contributed by atoms with Crippen LogP contribution in [0.4, 0.5) is 0 Å². The fraction of sp³-hybridized carbons (Fsp3) is 0.318. The lowest BCUT2D eigenvalue weighted by Gasteiger charge is -2.16. The summed E-state index contributed by atoms with van der Waals surface area (Å²) < 4.78 is 16.8. The number of benzene rings is 2. The lowest BCUT2D eigenvalue weighted by Crippen LogP contribution is -2.11. The molecule has 0 heterocycles. The molecule has 0 bridgehead atoms. The quantitative estimate of drug-likeness (QED) is 0.538. The molecule has 4 nitrogen and oxygen atoms in total. The molecule has 134 valence electrons. The molecule has 1 saturated carbocycles. The van der Waals surface area contributed by atoms with Gasteiger partial charge in [-0.1, -0.05) is 18.2 Å². The maximum absolute atomic E-state index is 9.59. The first kappa shape index (κ1) is 17.9. The highest BCUT2D eigenvalue weighted by Gasteiger charge is 2.18. The van der Waals surface area contributed by atoms with Crippen LogP contribution < -0.4 is 14.2 Å². The molecule has 0 unspecified atom stereocenters. The summed E-state index contributed by atoms with van der Waals surface area (Å²) in [6, 6.07) is 15.5. The van der Waals surface area contributed by atoms with E-state index < -0.39 is 0 Å². The fourth-order valence-corrected chi connectivity index (χ4v) is 3.20. The van der Waals surface area contributed by atoms with E-state index in [-0.39, 0.29) is 6.10 Å².